The summed E-state index contributed by atoms with van der Waals surface area (Å²) < 4.78 is 51.4. The summed E-state index contributed by atoms with van der Waals surface area (Å²) in [5, 5.41) is 0.843. The number of fused-ring (bicyclic) bond motifs is 1. The van der Waals surface area contributed by atoms with E-state index in [4.69, 9.17) is 0 Å². The molecule has 0 aliphatic rings. The van der Waals surface area contributed by atoms with Crippen LogP contribution in [-0.2, 0) is 6.18 Å². The zero-order chi connectivity index (χ0) is 15.0. The fourth-order valence-corrected chi connectivity index (χ4v) is 2.25. The van der Waals surface area contributed by atoms with Gasteiger partial charge in [-0.1, -0.05) is 30.3 Å². The molecular weight excluding hydrogens is 282 g/mol. The Morgan fingerprint density at radius 2 is 1.67 bits per heavy atom. The lowest BCUT2D eigenvalue weighted by atomic mass is 10.0. The first kappa shape index (κ1) is 13.5. The van der Waals surface area contributed by atoms with E-state index in [-0.39, 0.29) is 0 Å². The molecule has 21 heavy (non-hydrogen) atoms. The summed E-state index contributed by atoms with van der Waals surface area (Å²) in [4.78, 5) is 4.21. The maximum absolute atomic E-state index is 13.7. The van der Waals surface area contributed by atoms with Crippen LogP contribution in [0.2, 0.25) is 0 Å². The first-order valence-corrected chi connectivity index (χ1v) is 6.18. The first-order chi connectivity index (χ1) is 9.97. The molecule has 1 aromatic heterocycles. The van der Waals surface area contributed by atoms with Crippen molar-refractivity contribution in [3.05, 3.63) is 66.1 Å². The molecule has 0 bridgehead atoms. The Morgan fingerprint density at radius 1 is 0.905 bits per heavy atom. The molecule has 106 valence electrons. The Kier molecular flexibility index (Phi) is 3.12. The summed E-state index contributed by atoms with van der Waals surface area (Å²) in [6.45, 7) is 0. The van der Waals surface area contributed by atoms with Crippen molar-refractivity contribution in [1.29, 1.82) is 0 Å². The molecule has 0 fully saturated rings. The average Bonchev–Trinajstić information content (AvgIpc) is 2.45. The Morgan fingerprint density at radius 3 is 2.38 bits per heavy atom. The van der Waals surface area contributed by atoms with E-state index in [9.17, 15) is 17.6 Å². The second kappa shape index (κ2) is 4.84. The predicted octanol–water partition coefficient (Wildman–Crippen LogP) is 5.06. The highest BCUT2D eigenvalue weighted by Gasteiger charge is 2.34. The van der Waals surface area contributed by atoms with E-state index in [1.54, 1.807) is 24.4 Å². The number of rotatable bonds is 1. The molecule has 0 spiro atoms. The minimum atomic E-state index is -4.69. The molecule has 0 saturated carbocycles. The number of nitrogens with zero attached hydrogens (tertiary/aromatic N) is 1. The summed E-state index contributed by atoms with van der Waals surface area (Å²) >= 11 is 0. The smallest absolute Gasteiger partial charge is 0.256 e. The average molecular weight is 291 g/mol. The van der Waals surface area contributed by atoms with Gasteiger partial charge in [0.25, 0.3) is 0 Å². The highest BCUT2D eigenvalue weighted by atomic mass is 19.4. The largest absolute Gasteiger partial charge is 0.419 e. The normalized spacial score (nSPS) is 11.8. The lowest BCUT2D eigenvalue weighted by molar-refractivity contribution is -0.139. The highest BCUT2D eigenvalue weighted by molar-refractivity contribution is 5.93. The number of hydrogen-bond donors (Lipinski definition) is 0. The SMILES string of the molecule is Fc1cc(-c2cccc3cccnc23)ccc1C(F)(F)F. The lowest BCUT2D eigenvalue weighted by Crippen LogP contribution is -2.07. The van der Waals surface area contributed by atoms with Crippen LogP contribution in [0.25, 0.3) is 22.0 Å². The van der Waals surface area contributed by atoms with E-state index in [0.717, 1.165) is 17.5 Å². The van der Waals surface area contributed by atoms with Gasteiger partial charge in [-0.25, -0.2) is 4.39 Å². The molecule has 0 atom stereocenters. The third-order valence-electron chi connectivity index (χ3n) is 3.22. The number of halogens is 4. The summed E-state index contributed by atoms with van der Waals surface area (Å²) in [7, 11) is 0. The second-order valence-electron chi connectivity index (χ2n) is 4.57. The molecule has 0 radical (unpaired) electrons. The zero-order valence-corrected chi connectivity index (χ0v) is 10.7. The molecule has 0 N–H and O–H groups in total. The maximum Gasteiger partial charge on any atom is 0.419 e. The predicted molar refractivity (Wildman–Crippen MR) is 72.1 cm³/mol. The van der Waals surface area contributed by atoms with E-state index in [1.165, 1.54) is 6.07 Å². The summed E-state index contributed by atoms with van der Waals surface area (Å²) in [5.41, 5.74) is 0.323. The minimum absolute atomic E-state index is 0.366. The Hall–Kier alpha value is -2.43. The van der Waals surface area contributed by atoms with Crippen molar-refractivity contribution >= 4 is 10.9 Å². The van der Waals surface area contributed by atoms with Gasteiger partial charge in [-0.15, -0.1) is 0 Å². The molecule has 2 aromatic carbocycles. The van der Waals surface area contributed by atoms with Crippen molar-refractivity contribution in [2.24, 2.45) is 0 Å². The van der Waals surface area contributed by atoms with Crippen LogP contribution in [0.5, 0.6) is 0 Å². The summed E-state index contributed by atoms with van der Waals surface area (Å²) in [6.07, 6.45) is -3.11. The first-order valence-electron chi connectivity index (χ1n) is 6.18. The van der Waals surface area contributed by atoms with Crippen LogP contribution in [0.1, 0.15) is 5.56 Å². The summed E-state index contributed by atoms with van der Waals surface area (Å²) in [6, 6.07) is 11.8. The van der Waals surface area contributed by atoms with Gasteiger partial charge in [0.15, 0.2) is 0 Å². The topological polar surface area (TPSA) is 12.9 Å². The molecule has 0 aliphatic heterocycles. The van der Waals surface area contributed by atoms with Crippen LogP contribution in [0.15, 0.2) is 54.7 Å². The van der Waals surface area contributed by atoms with Gasteiger partial charge in [0.2, 0.25) is 0 Å². The van der Waals surface area contributed by atoms with Crippen LogP contribution in [-0.4, -0.2) is 4.98 Å². The monoisotopic (exact) mass is 291 g/mol. The number of hydrogen-bond acceptors (Lipinski definition) is 1. The quantitative estimate of drug-likeness (QED) is 0.571. The molecule has 0 aliphatic carbocycles. The fraction of sp³-hybridized carbons (Fsp3) is 0.0625. The van der Waals surface area contributed by atoms with Gasteiger partial charge in [0, 0.05) is 17.1 Å². The Balaban J connectivity index is 2.18. The molecule has 0 amide bonds. The van der Waals surface area contributed by atoms with E-state index < -0.39 is 17.6 Å². The van der Waals surface area contributed by atoms with Crippen molar-refractivity contribution in [1.82, 2.24) is 4.98 Å². The molecular formula is C16H9F4N. The van der Waals surface area contributed by atoms with Gasteiger partial charge in [-0.2, -0.15) is 13.2 Å². The van der Waals surface area contributed by atoms with E-state index in [2.05, 4.69) is 4.98 Å². The molecule has 3 aromatic rings. The number of benzene rings is 2. The van der Waals surface area contributed by atoms with Crippen molar-refractivity contribution < 1.29 is 17.6 Å². The highest BCUT2D eigenvalue weighted by Crippen LogP contribution is 2.34. The maximum atomic E-state index is 13.7. The van der Waals surface area contributed by atoms with Gasteiger partial charge in [-0.3, -0.25) is 4.98 Å². The van der Waals surface area contributed by atoms with Crippen molar-refractivity contribution in [2.75, 3.05) is 0 Å². The molecule has 3 rings (SSSR count). The molecule has 1 nitrogen and oxygen atoms in total. The zero-order valence-electron chi connectivity index (χ0n) is 10.7. The Labute approximate surface area is 117 Å². The van der Waals surface area contributed by atoms with E-state index in [1.807, 2.05) is 12.1 Å². The molecule has 1 heterocycles. The summed E-state index contributed by atoms with van der Waals surface area (Å²) in [5.74, 6) is -1.28. The number of aromatic nitrogens is 1. The van der Waals surface area contributed by atoms with Gasteiger partial charge < -0.3 is 0 Å². The van der Waals surface area contributed by atoms with Crippen molar-refractivity contribution in [3.8, 4) is 11.1 Å². The lowest BCUT2D eigenvalue weighted by Gasteiger charge is -2.10. The van der Waals surface area contributed by atoms with Gasteiger partial charge >= 0.3 is 6.18 Å². The standard InChI is InChI=1S/C16H9F4N/c17-14-9-11(6-7-13(14)16(18,19)20)12-5-1-3-10-4-2-8-21-15(10)12/h1-9H. The number of para-hydroxylation sites is 1. The second-order valence-corrected chi connectivity index (χ2v) is 4.57. The third-order valence-corrected chi connectivity index (χ3v) is 3.22. The van der Waals surface area contributed by atoms with Crippen LogP contribution in [0.3, 0.4) is 0 Å². The number of alkyl halides is 3. The van der Waals surface area contributed by atoms with Crippen LogP contribution in [0, 0.1) is 5.82 Å². The van der Waals surface area contributed by atoms with Crippen LogP contribution < -0.4 is 0 Å². The third kappa shape index (κ3) is 2.46. The minimum Gasteiger partial charge on any atom is -0.256 e. The van der Waals surface area contributed by atoms with E-state index in [0.29, 0.717) is 16.6 Å². The van der Waals surface area contributed by atoms with Crippen molar-refractivity contribution in [2.45, 2.75) is 6.18 Å². The van der Waals surface area contributed by atoms with Gasteiger partial charge in [0.1, 0.15) is 5.82 Å². The van der Waals surface area contributed by atoms with Crippen LogP contribution in [0.4, 0.5) is 17.6 Å². The number of pyridine rings is 1. The van der Waals surface area contributed by atoms with Gasteiger partial charge in [-0.05, 0) is 23.8 Å². The molecule has 0 saturated heterocycles. The van der Waals surface area contributed by atoms with Crippen LogP contribution >= 0.6 is 0 Å². The Bertz CT molecular complexity index is 803. The molecule has 0 unspecified atom stereocenters. The van der Waals surface area contributed by atoms with Gasteiger partial charge in [0.05, 0.1) is 11.1 Å². The molecule has 5 heteroatoms. The van der Waals surface area contributed by atoms with Crippen molar-refractivity contribution in [3.63, 3.8) is 0 Å². The van der Waals surface area contributed by atoms with E-state index >= 15 is 0 Å². The fourth-order valence-electron chi connectivity index (χ4n) is 2.25.